The van der Waals surface area contributed by atoms with Gasteiger partial charge in [-0.25, -0.2) is 19.7 Å². The predicted molar refractivity (Wildman–Crippen MR) is 163 cm³/mol. The van der Waals surface area contributed by atoms with Crippen LogP contribution in [0.5, 0.6) is 0 Å². The van der Waals surface area contributed by atoms with Crippen LogP contribution in [-0.4, -0.2) is 72.2 Å². The molecule has 0 bridgehead atoms. The number of ether oxygens (including phenoxy) is 2. The Labute approximate surface area is 251 Å². The summed E-state index contributed by atoms with van der Waals surface area (Å²) in [5.41, 5.74) is 2.40. The number of nitrogens with zero attached hydrogens (tertiary/aromatic N) is 6. The topological polar surface area (TPSA) is 137 Å². The smallest absolute Gasteiger partial charge is 0.414 e. The van der Waals surface area contributed by atoms with E-state index in [1.165, 1.54) is 4.90 Å². The molecule has 3 heterocycles. The first kappa shape index (κ1) is 31.0. The zero-order valence-electron chi connectivity index (χ0n) is 24.9. The van der Waals surface area contributed by atoms with Gasteiger partial charge in [0.25, 0.3) is 0 Å². The molecule has 0 saturated heterocycles. The highest BCUT2D eigenvalue weighted by molar-refractivity contribution is 6.33. The molecular weight excluding hydrogens is 558 g/mol. The standard InChI is InChI=1S/C30H36ClN7O4/c1-18-24(14-22(31)26(34-18)37(6)10-11-41-7)36-27-33-9-8-23(35-27)19-12-20(15-32)25-21(13-19)30(5,17-39)16-38(25)28(40)42-29(2,3)4/h8-9,12-14,39H,10-11,16-17H2,1-7H3,(H,33,35,36)/t30-/m1/s1. The maximum atomic E-state index is 13.1. The van der Waals surface area contributed by atoms with Crippen LogP contribution >= 0.6 is 11.6 Å². The number of hydrogen-bond donors (Lipinski definition) is 2. The number of carbonyl (C=O) groups is 1. The van der Waals surface area contributed by atoms with Gasteiger partial charge in [-0.05, 0) is 57.5 Å². The molecule has 1 aliphatic rings. The van der Waals surface area contributed by atoms with Crippen molar-refractivity contribution in [3.63, 3.8) is 0 Å². The zero-order chi connectivity index (χ0) is 30.8. The van der Waals surface area contributed by atoms with Gasteiger partial charge in [0.2, 0.25) is 5.95 Å². The van der Waals surface area contributed by atoms with Crippen molar-refractivity contribution >= 4 is 40.8 Å². The number of likely N-dealkylation sites (N-methyl/N-ethyl adjacent to an activating group) is 1. The molecule has 0 unspecified atom stereocenters. The van der Waals surface area contributed by atoms with E-state index in [9.17, 15) is 15.2 Å². The van der Waals surface area contributed by atoms with E-state index >= 15 is 0 Å². The van der Waals surface area contributed by atoms with Gasteiger partial charge in [0, 0.05) is 44.4 Å². The molecule has 0 radical (unpaired) electrons. The molecule has 222 valence electrons. The van der Waals surface area contributed by atoms with Gasteiger partial charge in [0.05, 0.1) is 46.6 Å². The quantitative estimate of drug-likeness (QED) is 0.358. The van der Waals surface area contributed by atoms with Gasteiger partial charge in [0.15, 0.2) is 0 Å². The number of anilines is 4. The van der Waals surface area contributed by atoms with E-state index in [4.69, 9.17) is 21.1 Å². The normalized spacial score (nSPS) is 16.1. The van der Waals surface area contributed by atoms with Gasteiger partial charge < -0.3 is 24.8 Å². The maximum Gasteiger partial charge on any atom is 0.414 e. The van der Waals surface area contributed by atoms with E-state index in [2.05, 4.69) is 26.3 Å². The fourth-order valence-corrected chi connectivity index (χ4v) is 5.03. The Balaban J connectivity index is 1.69. The van der Waals surface area contributed by atoms with E-state index in [1.54, 1.807) is 52.3 Å². The van der Waals surface area contributed by atoms with E-state index in [0.29, 0.717) is 63.8 Å². The number of benzene rings is 1. The Morgan fingerprint density at radius 3 is 2.69 bits per heavy atom. The van der Waals surface area contributed by atoms with Crippen molar-refractivity contribution in [3.8, 4) is 17.3 Å². The van der Waals surface area contributed by atoms with Gasteiger partial charge >= 0.3 is 6.09 Å². The summed E-state index contributed by atoms with van der Waals surface area (Å²) < 4.78 is 10.8. The first-order valence-corrected chi connectivity index (χ1v) is 13.9. The van der Waals surface area contributed by atoms with Crippen molar-refractivity contribution < 1.29 is 19.4 Å². The fourth-order valence-electron chi connectivity index (χ4n) is 4.74. The Bertz CT molecular complexity index is 1540. The van der Waals surface area contributed by atoms with Crippen LogP contribution in [-0.2, 0) is 14.9 Å². The van der Waals surface area contributed by atoms with E-state index in [-0.39, 0.29) is 18.7 Å². The second-order valence-corrected chi connectivity index (χ2v) is 12.0. The molecule has 2 N–H and O–H groups in total. The minimum Gasteiger partial charge on any atom is -0.443 e. The summed E-state index contributed by atoms with van der Waals surface area (Å²) in [5.74, 6) is 0.953. The molecule has 0 aliphatic carbocycles. The molecule has 1 amide bonds. The third-order valence-electron chi connectivity index (χ3n) is 6.96. The van der Waals surface area contributed by atoms with Crippen molar-refractivity contribution in [2.24, 2.45) is 0 Å². The number of aryl methyl sites for hydroxylation is 1. The van der Waals surface area contributed by atoms with Crippen LogP contribution in [0.1, 0.15) is 44.5 Å². The number of carbonyl (C=O) groups excluding carboxylic acids is 1. The van der Waals surface area contributed by atoms with Gasteiger partial charge in [-0.1, -0.05) is 18.5 Å². The number of nitriles is 1. The number of fused-ring (bicyclic) bond motifs is 1. The third-order valence-corrected chi connectivity index (χ3v) is 7.24. The summed E-state index contributed by atoms with van der Waals surface area (Å²) in [7, 11) is 3.54. The van der Waals surface area contributed by atoms with Crippen LogP contribution in [0.15, 0.2) is 30.5 Å². The average Bonchev–Trinajstić information content (AvgIpc) is 3.25. The van der Waals surface area contributed by atoms with Crippen LogP contribution in [0.3, 0.4) is 0 Å². The van der Waals surface area contributed by atoms with Crippen molar-refractivity contribution in [2.45, 2.75) is 45.6 Å². The van der Waals surface area contributed by atoms with E-state index in [1.807, 2.05) is 31.9 Å². The van der Waals surface area contributed by atoms with Gasteiger partial charge in [-0.2, -0.15) is 5.26 Å². The molecule has 1 aliphatic heterocycles. The number of nitrogens with one attached hydrogen (secondary N) is 1. The first-order chi connectivity index (χ1) is 19.8. The molecule has 4 rings (SSSR count). The summed E-state index contributed by atoms with van der Waals surface area (Å²) in [5, 5.41) is 24.1. The maximum absolute atomic E-state index is 13.1. The predicted octanol–water partition coefficient (Wildman–Crippen LogP) is 5.20. The molecule has 3 aromatic rings. The van der Waals surface area contributed by atoms with Crippen molar-refractivity contribution in [2.75, 3.05) is 55.6 Å². The van der Waals surface area contributed by atoms with E-state index < -0.39 is 17.1 Å². The monoisotopic (exact) mass is 593 g/mol. The fraction of sp³-hybridized carbons (Fsp3) is 0.433. The molecule has 0 fully saturated rings. The number of hydrogen-bond acceptors (Lipinski definition) is 10. The molecule has 42 heavy (non-hydrogen) atoms. The Morgan fingerprint density at radius 2 is 2.05 bits per heavy atom. The first-order valence-electron chi connectivity index (χ1n) is 13.5. The largest absolute Gasteiger partial charge is 0.443 e. The van der Waals surface area contributed by atoms with Crippen molar-refractivity contribution in [1.82, 2.24) is 15.0 Å². The second-order valence-electron chi connectivity index (χ2n) is 11.5. The molecule has 2 aromatic heterocycles. The average molecular weight is 594 g/mol. The molecule has 12 heteroatoms. The number of rotatable bonds is 8. The molecule has 1 atom stereocenters. The summed E-state index contributed by atoms with van der Waals surface area (Å²) in [6.07, 6.45) is 1.04. The number of aromatic nitrogens is 3. The summed E-state index contributed by atoms with van der Waals surface area (Å²) in [6, 6.07) is 9.27. The summed E-state index contributed by atoms with van der Waals surface area (Å²) in [4.78, 5) is 30.1. The Hall–Kier alpha value is -3.98. The lowest BCUT2D eigenvalue weighted by molar-refractivity contribution is 0.0575. The number of pyridine rings is 1. The minimum absolute atomic E-state index is 0.173. The lowest BCUT2D eigenvalue weighted by Crippen LogP contribution is -2.40. The van der Waals surface area contributed by atoms with Crippen LogP contribution in [0.4, 0.5) is 27.9 Å². The van der Waals surface area contributed by atoms with Gasteiger partial charge in [-0.3, -0.25) is 4.90 Å². The number of aliphatic hydroxyl groups is 1. The number of aliphatic hydroxyl groups excluding tert-OH is 1. The van der Waals surface area contributed by atoms with Crippen LogP contribution in [0, 0.1) is 18.3 Å². The Kier molecular flexibility index (Phi) is 8.92. The molecule has 1 aromatic carbocycles. The summed E-state index contributed by atoms with van der Waals surface area (Å²) in [6.45, 7) is 10.2. The van der Waals surface area contributed by atoms with Crippen molar-refractivity contribution in [3.05, 3.63) is 52.3 Å². The highest BCUT2D eigenvalue weighted by Gasteiger charge is 2.44. The Morgan fingerprint density at radius 1 is 1.31 bits per heavy atom. The lowest BCUT2D eigenvalue weighted by Gasteiger charge is -2.26. The summed E-state index contributed by atoms with van der Waals surface area (Å²) >= 11 is 6.55. The highest BCUT2D eigenvalue weighted by atomic mass is 35.5. The molecule has 0 saturated carbocycles. The van der Waals surface area contributed by atoms with Crippen molar-refractivity contribution in [1.29, 1.82) is 5.26 Å². The molecular formula is C30H36ClN7O4. The minimum atomic E-state index is -0.806. The van der Waals surface area contributed by atoms with Crippen LogP contribution < -0.4 is 15.1 Å². The second kappa shape index (κ2) is 12.1. The molecule has 11 nitrogen and oxygen atoms in total. The van der Waals surface area contributed by atoms with Crippen LogP contribution in [0.2, 0.25) is 5.02 Å². The number of amides is 1. The number of methoxy groups -OCH3 is 1. The van der Waals surface area contributed by atoms with Crippen LogP contribution in [0.25, 0.3) is 11.3 Å². The molecule has 0 spiro atoms. The zero-order valence-corrected chi connectivity index (χ0v) is 25.7. The lowest BCUT2D eigenvalue weighted by atomic mass is 9.83. The number of halogens is 1. The van der Waals surface area contributed by atoms with Gasteiger partial charge in [0.1, 0.15) is 17.5 Å². The highest BCUT2D eigenvalue weighted by Crippen LogP contribution is 2.45. The third kappa shape index (κ3) is 6.41. The SMILES string of the molecule is COCCN(C)c1nc(C)c(Nc2nccc(-c3cc(C#N)c4c(c3)[C@@](C)(CO)CN4C(=O)OC(C)(C)C)n2)cc1Cl. The van der Waals surface area contributed by atoms with E-state index in [0.717, 1.165) is 0 Å². The van der Waals surface area contributed by atoms with Gasteiger partial charge in [-0.15, -0.1) is 0 Å².